The maximum Gasteiger partial charge on any atom is 0.164 e. The first-order valence-corrected chi connectivity index (χ1v) is 9.99. The fraction of sp³-hybridized carbons (Fsp3) is 0.533. The molecule has 4 nitrogen and oxygen atoms in total. The molecule has 21 heavy (non-hydrogen) atoms. The van der Waals surface area contributed by atoms with E-state index in [1.54, 1.807) is 11.8 Å². The van der Waals surface area contributed by atoms with Crippen molar-refractivity contribution in [3.8, 4) is 0 Å². The molecule has 1 aromatic rings. The number of fused-ring (bicyclic) bond motifs is 1. The Balaban J connectivity index is 2.05. The topological polar surface area (TPSA) is 49.7 Å². The van der Waals surface area contributed by atoms with E-state index in [9.17, 15) is 8.42 Å². The molecule has 0 radical (unpaired) electrons. The lowest BCUT2D eigenvalue weighted by Gasteiger charge is -2.28. The maximum absolute atomic E-state index is 11.9. The average molecular weight is 324 g/mol. The van der Waals surface area contributed by atoms with Crippen molar-refractivity contribution < 1.29 is 8.42 Å². The molecule has 0 bridgehead atoms. The molecule has 0 N–H and O–H groups in total. The monoisotopic (exact) mass is 324 g/mol. The lowest BCUT2D eigenvalue weighted by atomic mass is 10.1. The lowest BCUT2D eigenvalue weighted by molar-refractivity contribution is 0.601. The highest BCUT2D eigenvalue weighted by molar-refractivity contribution is 8.14. The predicted molar refractivity (Wildman–Crippen MR) is 90.2 cm³/mol. The second-order valence-electron chi connectivity index (χ2n) is 5.72. The van der Waals surface area contributed by atoms with Gasteiger partial charge in [0.05, 0.1) is 23.6 Å². The van der Waals surface area contributed by atoms with Gasteiger partial charge >= 0.3 is 0 Å². The highest BCUT2D eigenvalue weighted by atomic mass is 32.2. The van der Waals surface area contributed by atoms with Gasteiger partial charge in [-0.15, -0.1) is 0 Å². The number of benzene rings is 1. The van der Waals surface area contributed by atoms with E-state index in [0.29, 0.717) is 0 Å². The summed E-state index contributed by atoms with van der Waals surface area (Å²) in [5.74, 6) is 1.33. The van der Waals surface area contributed by atoms with Crippen molar-refractivity contribution in [2.75, 3.05) is 22.2 Å². The minimum absolute atomic E-state index is 0.0375. The Morgan fingerprint density at radius 2 is 2.10 bits per heavy atom. The summed E-state index contributed by atoms with van der Waals surface area (Å²) in [5.41, 5.74) is 3.44. The van der Waals surface area contributed by atoms with Gasteiger partial charge in [-0.2, -0.15) is 0 Å². The number of amidine groups is 1. The van der Waals surface area contributed by atoms with Gasteiger partial charge < -0.3 is 4.90 Å². The van der Waals surface area contributed by atoms with Crippen LogP contribution in [-0.4, -0.2) is 42.9 Å². The van der Waals surface area contributed by atoms with Gasteiger partial charge in [0.25, 0.3) is 0 Å². The Kier molecular flexibility index (Phi) is 3.78. The number of aliphatic imine (C=N–C) groups is 1. The summed E-state index contributed by atoms with van der Waals surface area (Å²) in [5, 5.41) is 0.969. The molecule has 1 fully saturated rings. The molecule has 3 rings (SSSR count). The van der Waals surface area contributed by atoms with E-state index in [1.165, 1.54) is 5.56 Å². The van der Waals surface area contributed by atoms with Gasteiger partial charge in [-0.3, -0.25) is 4.99 Å². The van der Waals surface area contributed by atoms with Crippen LogP contribution in [-0.2, 0) is 9.84 Å². The Morgan fingerprint density at radius 1 is 1.33 bits per heavy atom. The molecule has 2 aliphatic rings. The normalized spacial score (nSPS) is 26.8. The molecule has 2 atom stereocenters. The Labute approximate surface area is 130 Å². The zero-order valence-electron chi connectivity index (χ0n) is 12.5. The standard InChI is InChI=1S/C15H20N2O2S2/c1-4-20-15-16-12-8-21(18,19)9-14(12)17(15)13-7-10(2)5-6-11(13)3/h5-7,12,14H,4,8-9H2,1-3H3. The van der Waals surface area contributed by atoms with E-state index in [4.69, 9.17) is 4.99 Å². The van der Waals surface area contributed by atoms with Crippen LogP contribution in [0.5, 0.6) is 0 Å². The molecule has 0 saturated carbocycles. The van der Waals surface area contributed by atoms with Crippen LogP contribution in [0.25, 0.3) is 0 Å². The zero-order chi connectivity index (χ0) is 15.2. The fourth-order valence-corrected chi connectivity index (χ4v) is 5.71. The molecule has 2 unspecified atom stereocenters. The number of hydrogen-bond donors (Lipinski definition) is 0. The maximum atomic E-state index is 11.9. The van der Waals surface area contributed by atoms with Crippen molar-refractivity contribution in [2.24, 2.45) is 4.99 Å². The Hall–Kier alpha value is -1.01. The van der Waals surface area contributed by atoms with Crippen LogP contribution in [0.1, 0.15) is 18.1 Å². The van der Waals surface area contributed by atoms with Crippen molar-refractivity contribution in [2.45, 2.75) is 32.9 Å². The van der Waals surface area contributed by atoms with Crippen LogP contribution in [0, 0.1) is 13.8 Å². The SMILES string of the molecule is CCSC1=NC2CS(=O)(=O)CC2N1c1cc(C)ccc1C. The third kappa shape index (κ3) is 2.71. The number of rotatable bonds is 2. The fourth-order valence-electron chi connectivity index (χ4n) is 3.02. The molecule has 2 aliphatic heterocycles. The first-order valence-electron chi connectivity index (χ1n) is 7.19. The van der Waals surface area contributed by atoms with Crippen LogP contribution < -0.4 is 4.90 Å². The highest BCUT2D eigenvalue weighted by Gasteiger charge is 2.47. The van der Waals surface area contributed by atoms with Crippen LogP contribution in [0.4, 0.5) is 5.69 Å². The molecule has 6 heteroatoms. The molecular formula is C15H20N2O2S2. The van der Waals surface area contributed by atoms with Crippen LogP contribution in [0.15, 0.2) is 23.2 Å². The molecule has 0 spiro atoms. The van der Waals surface area contributed by atoms with Crippen molar-refractivity contribution in [3.63, 3.8) is 0 Å². The van der Waals surface area contributed by atoms with Gasteiger partial charge in [0.2, 0.25) is 0 Å². The average Bonchev–Trinajstić information content (AvgIpc) is 2.84. The molecule has 114 valence electrons. The van der Waals surface area contributed by atoms with Crippen molar-refractivity contribution in [1.29, 1.82) is 0 Å². The number of thioether (sulfide) groups is 1. The summed E-state index contributed by atoms with van der Waals surface area (Å²) in [4.78, 5) is 6.85. The number of anilines is 1. The second-order valence-corrected chi connectivity index (χ2v) is 9.10. The van der Waals surface area contributed by atoms with Gasteiger partial charge in [0.1, 0.15) is 0 Å². The van der Waals surface area contributed by atoms with Crippen molar-refractivity contribution in [3.05, 3.63) is 29.3 Å². The van der Waals surface area contributed by atoms with E-state index in [1.807, 2.05) is 0 Å². The summed E-state index contributed by atoms with van der Waals surface area (Å²) in [6, 6.07) is 6.17. The zero-order valence-corrected chi connectivity index (χ0v) is 14.2. The van der Waals surface area contributed by atoms with Gasteiger partial charge in [0, 0.05) is 5.69 Å². The van der Waals surface area contributed by atoms with E-state index in [0.717, 1.165) is 22.2 Å². The van der Waals surface area contributed by atoms with Gasteiger partial charge in [0.15, 0.2) is 15.0 Å². The van der Waals surface area contributed by atoms with Gasteiger partial charge in [-0.1, -0.05) is 30.8 Å². The van der Waals surface area contributed by atoms with Crippen molar-refractivity contribution >= 4 is 32.5 Å². The van der Waals surface area contributed by atoms with E-state index in [-0.39, 0.29) is 23.6 Å². The quantitative estimate of drug-likeness (QED) is 0.838. The van der Waals surface area contributed by atoms with Gasteiger partial charge in [-0.25, -0.2) is 8.42 Å². The van der Waals surface area contributed by atoms with Gasteiger partial charge in [-0.05, 0) is 36.8 Å². The summed E-state index contributed by atoms with van der Waals surface area (Å²) < 4.78 is 23.9. The number of nitrogens with zero attached hydrogens (tertiary/aromatic N) is 2. The predicted octanol–water partition coefficient (Wildman–Crippen LogP) is 2.40. The summed E-state index contributed by atoms with van der Waals surface area (Å²) >= 11 is 1.69. The van der Waals surface area contributed by atoms with Crippen LogP contribution in [0.3, 0.4) is 0 Å². The Morgan fingerprint density at radius 3 is 2.81 bits per heavy atom. The summed E-state index contributed by atoms with van der Waals surface area (Å²) in [6.45, 7) is 6.23. The highest BCUT2D eigenvalue weighted by Crippen LogP contribution is 2.36. The largest absolute Gasteiger partial charge is 0.315 e. The Bertz CT molecular complexity index is 698. The molecule has 0 aliphatic carbocycles. The molecule has 2 heterocycles. The molecular weight excluding hydrogens is 304 g/mol. The molecule has 0 amide bonds. The van der Waals surface area contributed by atoms with E-state index in [2.05, 4.69) is 43.9 Å². The summed E-state index contributed by atoms with van der Waals surface area (Å²) in [6.07, 6.45) is 0. The van der Waals surface area contributed by atoms with Crippen LogP contribution >= 0.6 is 11.8 Å². The van der Waals surface area contributed by atoms with Crippen LogP contribution in [0.2, 0.25) is 0 Å². The number of hydrogen-bond acceptors (Lipinski definition) is 5. The third-order valence-corrected chi connectivity index (χ3v) is 6.55. The minimum atomic E-state index is -2.97. The first kappa shape index (κ1) is 14.9. The molecule has 1 aromatic carbocycles. The lowest BCUT2D eigenvalue weighted by Crippen LogP contribution is -2.39. The second kappa shape index (κ2) is 5.32. The van der Waals surface area contributed by atoms with E-state index >= 15 is 0 Å². The molecule has 1 saturated heterocycles. The number of aryl methyl sites for hydroxylation is 2. The van der Waals surface area contributed by atoms with E-state index < -0.39 is 9.84 Å². The van der Waals surface area contributed by atoms with Crippen molar-refractivity contribution in [1.82, 2.24) is 0 Å². The first-order chi connectivity index (χ1) is 9.91. The minimum Gasteiger partial charge on any atom is -0.315 e. The molecule has 0 aromatic heterocycles. The smallest absolute Gasteiger partial charge is 0.164 e. The summed E-state index contributed by atoms with van der Waals surface area (Å²) in [7, 11) is -2.97. The third-order valence-electron chi connectivity index (χ3n) is 4.01. The number of sulfone groups is 1.